The van der Waals surface area contributed by atoms with E-state index in [1.165, 1.54) is 22.5 Å². The number of alkyl halides is 3. The highest BCUT2D eigenvalue weighted by molar-refractivity contribution is 7.89. The van der Waals surface area contributed by atoms with Gasteiger partial charge < -0.3 is 4.90 Å². The summed E-state index contributed by atoms with van der Waals surface area (Å²) in [5.74, 6) is -0.450. The Bertz CT molecular complexity index is 1120. The lowest BCUT2D eigenvalue weighted by Gasteiger charge is -2.34. The second-order valence-corrected chi connectivity index (χ2v) is 9.59. The first-order valence-electron chi connectivity index (χ1n) is 10.0. The van der Waals surface area contributed by atoms with Gasteiger partial charge in [-0.15, -0.1) is 0 Å². The highest BCUT2D eigenvalue weighted by Gasteiger charge is 2.31. The van der Waals surface area contributed by atoms with Crippen LogP contribution in [0.5, 0.6) is 0 Å². The molecule has 1 fully saturated rings. The zero-order valence-electron chi connectivity index (χ0n) is 17.8. The fourth-order valence-corrected chi connectivity index (χ4v) is 4.76. The number of hydrogen-bond acceptors (Lipinski definition) is 4. The molecule has 0 N–H and O–H groups in total. The van der Waals surface area contributed by atoms with E-state index in [1.54, 1.807) is 37.1 Å². The molecule has 0 radical (unpaired) electrons. The van der Waals surface area contributed by atoms with Crippen molar-refractivity contribution in [3.63, 3.8) is 0 Å². The molecule has 2 heterocycles. The van der Waals surface area contributed by atoms with Gasteiger partial charge >= 0.3 is 6.18 Å². The van der Waals surface area contributed by atoms with E-state index in [1.807, 2.05) is 0 Å². The Morgan fingerprint density at radius 3 is 2.41 bits per heavy atom. The summed E-state index contributed by atoms with van der Waals surface area (Å²) in [6.07, 6.45) is 0.130. The molecule has 3 rings (SSSR count). The first-order chi connectivity index (χ1) is 15.0. The molecule has 6 nitrogen and oxygen atoms in total. The van der Waals surface area contributed by atoms with Crippen molar-refractivity contribution < 1.29 is 26.4 Å². The molecule has 1 aliphatic rings. The number of carbonyl (C=O) groups is 1. The fourth-order valence-electron chi connectivity index (χ4n) is 3.49. The molecular formula is C22H24F3N3O3S. The Balaban J connectivity index is 1.59. The van der Waals surface area contributed by atoms with E-state index in [9.17, 15) is 26.4 Å². The van der Waals surface area contributed by atoms with E-state index >= 15 is 0 Å². The third-order valence-corrected chi connectivity index (χ3v) is 7.12. The van der Waals surface area contributed by atoms with Crippen LogP contribution < -0.4 is 0 Å². The van der Waals surface area contributed by atoms with Crippen molar-refractivity contribution in [1.82, 2.24) is 14.2 Å². The first kappa shape index (κ1) is 23.9. The van der Waals surface area contributed by atoms with E-state index in [2.05, 4.69) is 4.98 Å². The van der Waals surface area contributed by atoms with Gasteiger partial charge in [0.05, 0.1) is 16.9 Å². The molecule has 32 heavy (non-hydrogen) atoms. The predicted molar refractivity (Wildman–Crippen MR) is 115 cm³/mol. The molecule has 1 aliphatic heterocycles. The maximum atomic E-state index is 12.8. The van der Waals surface area contributed by atoms with Crippen molar-refractivity contribution in [2.24, 2.45) is 0 Å². The van der Waals surface area contributed by atoms with Gasteiger partial charge in [-0.05, 0) is 49.2 Å². The van der Waals surface area contributed by atoms with Gasteiger partial charge in [-0.1, -0.05) is 18.2 Å². The number of benzene rings is 1. The van der Waals surface area contributed by atoms with Crippen molar-refractivity contribution in [2.75, 3.05) is 31.9 Å². The number of carbonyl (C=O) groups excluding carboxylic acids is 1. The van der Waals surface area contributed by atoms with Gasteiger partial charge in [-0.25, -0.2) is 8.42 Å². The largest absolute Gasteiger partial charge is 0.416 e. The fraction of sp³-hybridized carbons (Fsp3) is 0.364. The van der Waals surface area contributed by atoms with Crippen LogP contribution in [0.25, 0.3) is 6.08 Å². The Labute approximate surface area is 185 Å². The molecule has 172 valence electrons. The van der Waals surface area contributed by atoms with Gasteiger partial charge in [0.1, 0.15) is 0 Å². The molecule has 0 aliphatic carbocycles. The van der Waals surface area contributed by atoms with Crippen LogP contribution in [-0.4, -0.2) is 60.4 Å². The highest BCUT2D eigenvalue weighted by Crippen LogP contribution is 2.30. The van der Waals surface area contributed by atoms with Crippen LogP contribution in [0.1, 0.15) is 32.7 Å². The highest BCUT2D eigenvalue weighted by atomic mass is 32.2. The summed E-state index contributed by atoms with van der Waals surface area (Å²) in [4.78, 5) is 18.4. The summed E-state index contributed by atoms with van der Waals surface area (Å²) >= 11 is 0. The number of rotatable bonds is 5. The maximum absolute atomic E-state index is 12.8. The molecule has 0 unspecified atom stereocenters. The van der Waals surface area contributed by atoms with Gasteiger partial charge in [-0.2, -0.15) is 17.5 Å². The molecule has 0 atom stereocenters. The van der Waals surface area contributed by atoms with Gasteiger partial charge in [0.2, 0.25) is 10.0 Å². The summed E-state index contributed by atoms with van der Waals surface area (Å²) in [5.41, 5.74) is 1.31. The van der Waals surface area contributed by atoms with Crippen molar-refractivity contribution in [1.29, 1.82) is 0 Å². The van der Waals surface area contributed by atoms with Crippen LogP contribution in [0.15, 0.2) is 42.6 Å². The lowest BCUT2D eigenvalue weighted by Crippen LogP contribution is -2.51. The number of pyridine rings is 1. The Morgan fingerprint density at radius 1 is 1.12 bits per heavy atom. The monoisotopic (exact) mass is 467 g/mol. The lowest BCUT2D eigenvalue weighted by atomic mass is 10.0. The number of aromatic nitrogens is 1. The van der Waals surface area contributed by atoms with Gasteiger partial charge in [0.25, 0.3) is 5.91 Å². The molecule has 10 heteroatoms. The summed E-state index contributed by atoms with van der Waals surface area (Å²) in [5, 5.41) is 0. The number of hydrogen-bond donors (Lipinski definition) is 0. The third-order valence-electron chi connectivity index (χ3n) is 5.36. The Morgan fingerprint density at radius 2 is 1.81 bits per heavy atom. The van der Waals surface area contributed by atoms with Crippen LogP contribution >= 0.6 is 0 Å². The van der Waals surface area contributed by atoms with Crippen LogP contribution in [0.2, 0.25) is 0 Å². The van der Waals surface area contributed by atoms with Gasteiger partial charge in [0.15, 0.2) is 0 Å². The molecule has 0 bridgehead atoms. The summed E-state index contributed by atoms with van der Waals surface area (Å²) in [6.45, 7) is 4.20. The maximum Gasteiger partial charge on any atom is 0.416 e. The number of nitrogens with zero attached hydrogens (tertiary/aromatic N) is 3. The molecule has 1 saturated heterocycles. The third kappa shape index (κ3) is 5.55. The number of amides is 1. The van der Waals surface area contributed by atoms with E-state index in [-0.39, 0.29) is 37.8 Å². The molecule has 2 aromatic rings. The summed E-state index contributed by atoms with van der Waals surface area (Å²) in [7, 11) is -3.60. The van der Waals surface area contributed by atoms with Gasteiger partial charge in [0, 0.05) is 38.1 Å². The standard InChI is InChI=1S/C22H24F3N3O3S/c1-16-15-19(22(23,24)25)8-7-18(16)5-4-14-32(30,31)28-12-10-27(11-13-28)21(29)20-6-3-9-26-17(20)2/h3-9,15H,10-14H2,1-2H3. The second-order valence-electron chi connectivity index (χ2n) is 7.58. The Kier molecular flexibility index (Phi) is 7.04. The molecule has 0 saturated carbocycles. The molecule has 1 aromatic heterocycles. The average Bonchev–Trinajstić information content (AvgIpc) is 2.74. The normalized spacial score (nSPS) is 16.0. The first-order valence-corrected chi connectivity index (χ1v) is 11.6. The van der Waals surface area contributed by atoms with Crippen LogP contribution in [-0.2, 0) is 16.2 Å². The minimum atomic E-state index is -4.42. The molecule has 1 amide bonds. The van der Waals surface area contributed by atoms with E-state index < -0.39 is 21.8 Å². The molecule has 0 spiro atoms. The minimum Gasteiger partial charge on any atom is -0.336 e. The molecule has 1 aromatic carbocycles. The van der Waals surface area contributed by atoms with E-state index in [0.717, 1.165) is 12.1 Å². The molecular weight excluding hydrogens is 443 g/mol. The van der Waals surface area contributed by atoms with Crippen LogP contribution in [0.3, 0.4) is 0 Å². The van der Waals surface area contributed by atoms with Crippen molar-refractivity contribution >= 4 is 22.0 Å². The van der Waals surface area contributed by atoms with Crippen molar-refractivity contribution in [2.45, 2.75) is 20.0 Å². The lowest BCUT2D eigenvalue weighted by molar-refractivity contribution is -0.137. The van der Waals surface area contributed by atoms with Crippen molar-refractivity contribution in [3.05, 3.63) is 70.6 Å². The predicted octanol–water partition coefficient (Wildman–Crippen LogP) is 3.52. The van der Waals surface area contributed by atoms with Gasteiger partial charge in [-0.3, -0.25) is 9.78 Å². The van der Waals surface area contributed by atoms with Crippen molar-refractivity contribution in [3.8, 4) is 0 Å². The smallest absolute Gasteiger partial charge is 0.336 e. The summed E-state index contributed by atoms with van der Waals surface area (Å²) in [6, 6.07) is 6.72. The number of piperazine rings is 1. The number of halogens is 3. The zero-order valence-corrected chi connectivity index (χ0v) is 18.6. The topological polar surface area (TPSA) is 70.6 Å². The Hall–Kier alpha value is -2.72. The van der Waals surface area contributed by atoms with Crippen LogP contribution in [0.4, 0.5) is 13.2 Å². The second kappa shape index (κ2) is 9.41. The number of aryl methyl sites for hydroxylation is 2. The minimum absolute atomic E-state index is 0.176. The summed E-state index contributed by atoms with van der Waals surface area (Å²) < 4.78 is 65.0. The number of sulfonamides is 1. The zero-order chi connectivity index (χ0) is 23.5. The average molecular weight is 468 g/mol. The van der Waals surface area contributed by atoms with E-state index in [4.69, 9.17) is 0 Å². The van der Waals surface area contributed by atoms with Crippen LogP contribution in [0, 0.1) is 13.8 Å². The van der Waals surface area contributed by atoms with E-state index in [0.29, 0.717) is 22.4 Å². The SMILES string of the molecule is Cc1cc(C(F)(F)F)ccc1C=CCS(=O)(=O)N1CCN(C(=O)c2cccnc2C)CC1. The quantitative estimate of drug-likeness (QED) is 0.675.